The van der Waals surface area contributed by atoms with Gasteiger partial charge >= 0.3 is 0 Å². The zero-order chi connectivity index (χ0) is 13.3. The molecule has 1 fully saturated rings. The summed E-state index contributed by atoms with van der Waals surface area (Å²) >= 11 is 6.01. The van der Waals surface area contributed by atoms with Crippen LogP contribution in [0, 0.1) is 5.41 Å². The highest BCUT2D eigenvalue weighted by Crippen LogP contribution is 2.28. The van der Waals surface area contributed by atoms with Crippen LogP contribution in [0.2, 0.25) is 5.02 Å². The van der Waals surface area contributed by atoms with Crippen LogP contribution in [0.15, 0.2) is 24.3 Å². The van der Waals surface area contributed by atoms with Crippen LogP contribution in [0.25, 0.3) is 0 Å². The first kappa shape index (κ1) is 13.4. The lowest BCUT2D eigenvalue weighted by Crippen LogP contribution is -2.37. The van der Waals surface area contributed by atoms with Crippen LogP contribution in [-0.2, 0) is 4.79 Å². The minimum Gasteiger partial charge on any atom is -0.321 e. The average molecular weight is 267 g/mol. The van der Waals surface area contributed by atoms with Gasteiger partial charge in [0.05, 0.1) is 6.54 Å². The number of hydrogen-bond acceptors (Lipinski definition) is 2. The van der Waals surface area contributed by atoms with Gasteiger partial charge < -0.3 is 4.90 Å². The van der Waals surface area contributed by atoms with E-state index in [1.54, 1.807) is 0 Å². The van der Waals surface area contributed by atoms with Crippen LogP contribution in [0.1, 0.15) is 32.5 Å². The Balaban J connectivity index is 2.24. The Labute approximate surface area is 113 Å². The summed E-state index contributed by atoms with van der Waals surface area (Å²) in [6.45, 7) is 7.53. The van der Waals surface area contributed by atoms with E-state index in [0.717, 1.165) is 12.1 Å². The lowest BCUT2D eigenvalue weighted by Gasteiger charge is -2.31. The van der Waals surface area contributed by atoms with Gasteiger partial charge in [0.15, 0.2) is 0 Å². The summed E-state index contributed by atoms with van der Waals surface area (Å²) in [4.78, 5) is 13.8. The van der Waals surface area contributed by atoms with Crippen LogP contribution < -0.4 is 5.32 Å². The number of amides is 1. The predicted octanol–water partition coefficient (Wildman–Crippen LogP) is 2.82. The number of nitrogens with zero attached hydrogens (tertiary/aromatic N) is 1. The molecular weight excluding hydrogens is 248 g/mol. The first-order valence-corrected chi connectivity index (χ1v) is 6.53. The molecule has 1 aliphatic rings. The molecule has 0 saturated carbocycles. The van der Waals surface area contributed by atoms with Gasteiger partial charge in [-0.3, -0.25) is 10.1 Å². The smallest absolute Gasteiger partial charge is 0.238 e. The van der Waals surface area contributed by atoms with Crippen LogP contribution in [0.4, 0.5) is 0 Å². The van der Waals surface area contributed by atoms with Crippen molar-refractivity contribution < 1.29 is 4.79 Å². The van der Waals surface area contributed by atoms with Gasteiger partial charge in [-0.1, -0.05) is 44.5 Å². The van der Waals surface area contributed by atoms with Crippen molar-refractivity contribution in [3.63, 3.8) is 0 Å². The molecule has 0 radical (unpaired) electrons. The van der Waals surface area contributed by atoms with Gasteiger partial charge in [-0.05, 0) is 23.1 Å². The largest absolute Gasteiger partial charge is 0.321 e. The van der Waals surface area contributed by atoms with E-state index in [0.29, 0.717) is 11.6 Å². The van der Waals surface area contributed by atoms with Crippen molar-refractivity contribution in [1.29, 1.82) is 0 Å². The zero-order valence-electron chi connectivity index (χ0n) is 11.0. The Hall–Kier alpha value is -1.06. The number of halogens is 1. The fraction of sp³-hybridized carbons (Fsp3) is 0.500. The summed E-state index contributed by atoms with van der Waals surface area (Å²) in [5.41, 5.74) is 1.12. The second-order valence-electron chi connectivity index (χ2n) is 5.92. The highest BCUT2D eigenvalue weighted by Gasteiger charge is 2.33. The third kappa shape index (κ3) is 3.03. The molecule has 2 rings (SSSR count). The van der Waals surface area contributed by atoms with Crippen molar-refractivity contribution in [2.75, 3.05) is 13.1 Å². The maximum Gasteiger partial charge on any atom is 0.238 e. The maximum absolute atomic E-state index is 12.0. The molecule has 1 unspecified atom stereocenters. The molecule has 0 aliphatic carbocycles. The van der Waals surface area contributed by atoms with Crippen molar-refractivity contribution in [2.24, 2.45) is 5.41 Å². The summed E-state index contributed by atoms with van der Waals surface area (Å²) in [5.74, 6) is 0.148. The number of hydrogen-bond donors (Lipinski definition) is 1. The average Bonchev–Trinajstić information content (AvgIpc) is 2.58. The number of carbonyl (C=O) groups is 1. The van der Waals surface area contributed by atoms with Crippen molar-refractivity contribution in [1.82, 2.24) is 10.2 Å². The van der Waals surface area contributed by atoms with Crippen molar-refractivity contribution in [2.45, 2.75) is 26.9 Å². The van der Waals surface area contributed by atoms with Crippen LogP contribution in [-0.4, -0.2) is 23.9 Å². The molecule has 1 N–H and O–H groups in total. The topological polar surface area (TPSA) is 32.3 Å². The van der Waals surface area contributed by atoms with E-state index in [9.17, 15) is 4.79 Å². The Morgan fingerprint density at radius 1 is 1.44 bits per heavy atom. The summed E-state index contributed by atoms with van der Waals surface area (Å²) in [6, 6.07) is 7.67. The van der Waals surface area contributed by atoms with Crippen LogP contribution in [0.5, 0.6) is 0 Å². The fourth-order valence-corrected chi connectivity index (χ4v) is 2.40. The molecule has 3 nitrogen and oxygen atoms in total. The summed E-state index contributed by atoms with van der Waals surface area (Å²) in [5, 5.41) is 3.94. The Bertz CT molecular complexity index is 453. The van der Waals surface area contributed by atoms with Gasteiger partial charge in [-0.15, -0.1) is 0 Å². The molecule has 1 aromatic carbocycles. The molecule has 0 bridgehead atoms. The van der Waals surface area contributed by atoms with E-state index in [2.05, 4.69) is 26.1 Å². The van der Waals surface area contributed by atoms with E-state index < -0.39 is 0 Å². The highest BCUT2D eigenvalue weighted by atomic mass is 35.5. The molecule has 98 valence electrons. The molecule has 0 aromatic heterocycles. The van der Waals surface area contributed by atoms with E-state index in [1.807, 2.05) is 29.2 Å². The van der Waals surface area contributed by atoms with E-state index in [1.165, 1.54) is 0 Å². The number of benzene rings is 1. The van der Waals surface area contributed by atoms with Gasteiger partial charge in [0.25, 0.3) is 0 Å². The van der Waals surface area contributed by atoms with Gasteiger partial charge in [0.2, 0.25) is 5.91 Å². The van der Waals surface area contributed by atoms with Crippen molar-refractivity contribution >= 4 is 17.5 Å². The van der Waals surface area contributed by atoms with Gasteiger partial charge in [0, 0.05) is 11.6 Å². The standard InChI is InChI=1S/C14H19ClN2O/c1-14(2,3)9-17-12(18)8-16-13(17)10-5-4-6-11(15)7-10/h4-7,13,16H,8-9H2,1-3H3. The molecule has 1 aliphatic heterocycles. The van der Waals surface area contributed by atoms with Crippen molar-refractivity contribution in [3.05, 3.63) is 34.9 Å². The normalized spacial score (nSPS) is 20.6. The molecule has 4 heteroatoms. The molecule has 0 spiro atoms. The van der Waals surface area contributed by atoms with Gasteiger partial charge in [-0.2, -0.15) is 0 Å². The molecule has 1 saturated heterocycles. The van der Waals surface area contributed by atoms with Crippen LogP contribution in [0.3, 0.4) is 0 Å². The molecule has 1 amide bonds. The minimum atomic E-state index is -0.0598. The van der Waals surface area contributed by atoms with Gasteiger partial charge in [-0.25, -0.2) is 0 Å². The minimum absolute atomic E-state index is 0.0598. The number of rotatable bonds is 2. The van der Waals surface area contributed by atoms with E-state index >= 15 is 0 Å². The Kier molecular flexibility index (Phi) is 3.64. The number of carbonyl (C=O) groups excluding carboxylic acids is 1. The molecule has 1 atom stereocenters. The SMILES string of the molecule is CC(C)(C)CN1C(=O)CNC1c1cccc(Cl)c1. The first-order valence-electron chi connectivity index (χ1n) is 6.15. The number of nitrogens with one attached hydrogen (secondary N) is 1. The molecular formula is C14H19ClN2O. The first-order chi connectivity index (χ1) is 8.37. The van der Waals surface area contributed by atoms with Crippen LogP contribution >= 0.6 is 11.6 Å². The maximum atomic E-state index is 12.0. The summed E-state index contributed by atoms with van der Waals surface area (Å²) in [6.07, 6.45) is -0.0598. The van der Waals surface area contributed by atoms with E-state index in [4.69, 9.17) is 11.6 Å². The molecule has 1 aromatic rings. The lowest BCUT2D eigenvalue weighted by molar-refractivity contribution is -0.129. The monoisotopic (exact) mass is 266 g/mol. The molecule has 18 heavy (non-hydrogen) atoms. The molecule has 1 heterocycles. The predicted molar refractivity (Wildman–Crippen MR) is 73.4 cm³/mol. The lowest BCUT2D eigenvalue weighted by atomic mass is 9.95. The summed E-state index contributed by atoms with van der Waals surface area (Å²) < 4.78 is 0. The Morgan fingerprint density at radius 2 is 2.17 bits per heavy atom. The second-order valence-corrected chi connectivity index (χ2v) is 6.36. The van der Waals surface area contributed by atoms with Crippen molar-refractivity contribution in [3.8, 4) is 0 Å². The highest BCUT2D eigenvalue weighted by molar-refractivity contribution is 6.30. The zero-order valence-corrected chi connectivity index (χ0v) is 11.8. The third-order valence-corrected chi connectivity index (χ3v) is 3.12. The van der Waals surface area contributed by atoms with E-state index in [-0.39, 0.29) is 17.5 Å². The Morgan fingerprint density at radius 3 is 2.78 bits per heavy atom. The third-order valence-electron chi connectivity index (χ3n) is 2.89. The fourth-order valence-electron chi connectivity index (χ4n) is 2.20. The second kappa shape index (κ2) is 4.90. The van der Waals surface area contributed by atoms with Gasteiger partial charge in [0.1, 0.15) is 6.17 Å². The quantitative estimate of drug-likeness (QED) is 0.893. The summed E-state index contributed by atoms with van der Waals surface area (Å²) in [7, 11) is 0.